The van der Waals surface area contributed by atoms with Crippen LogP contribution in [0.5, 0.6) is 11.5 Å². The van der Waals surface area contributed by atoms with Crippen molar-refractivity contribution in [1.29, 1.82) is 0 Å². The second kappa shape index (κ2) is 9.99. The van der Waals surface area contributed by atoms with Gasteiger partial charge < -0.3 is 19.3 Å². The summed E-state index contributed by atoms with van der Waals surface area (Å²) in [7, 11) is 0. The van der Waals surface area contributed by atoms with Gasteiger partial charge in [0.25, 0.3) is 5.91 Å². The number of nitrogens with zero attached hydrogens (tertiary/aromatic N) is 5. The number of para-hydroxylation sites is 3. The standard InChI is InChI=1S/C25H27N5O4S/c1-17-7-3-4-8-19(17)30-18(2)26-27-25(30)35-16-23(31)28-11-13-29(14-12-28)24(32)22-15-33-20-9-5-6-10-21(20)34-22/h3-10,22H,11-16H2,1-2H3. The minimum absolute atomic E-state index is 0.0188. The first-order valence-electron chi connectivity index (χ1n) is 11.6. The van der Waals surface area contributed by atoms with E-state index in [1.54, 1.807) is 15.9 Å². The molecule has 2 aromatic carbocycles. The van der Waals surface area contributed by atoms with Crippen LogP contribution in [0.25, 0.3) is 5.69 Å². The van der Waals surface area contributed by atoms with Crippen molar-refractivity contribution in [3.63, 3.8) is 0 Å². The maximum absolute atomic E-state index is 12.9. The lowest BCUT2D eigenvalue weighted by molar-refractivity contribution is -0.145. The SMILES string of the molecule is Cc1ccccc1-n1c(C)nnc1SCC(=O)N1CCN(C(=O)C2COc3ccccc3O2)CC1. The second-order valence-electron chi connectivity index (χ2n) is 8.51. The van der Waals surface area contributed by atoms with Crippen molar-refractivity contribution in [1.82, 2.24) is 24.6 Å². The predicted molar refractivity (Wildman–Crippen MR) is 131 cm³/mol. The van der Waals surface area contributed by atoms with Crippen LogP contribution >= 0.6 is 11.8 Å². The highest BCUT2D eigenvalue weighted by Crippen LogP contribution is 2.31. The average molecular weight is 494 g/mol. The predicted octanol–water partition coefficient (Wildman–Crippen LogP) is 2.49. The van der Waals surface area contributed by atoms with Crippen molar-refractivity contribution in [3.8, 4) is 17.2 Å². The molecule has 10 heteroatoms. The molecule has 35 heavy (non-hydrogen) atoms. The van der Waals surface area contributed by atoms with Crippen molar-refractivity contribution in [2.45, 2.75) is 25.1 Å². The molecule has 1 fully saturated rings. The number of amides is 2. The zero-order valence-electron chi connectivity index (χ0n) is 19.7. The molecule has 5 rings (SSSR count). The molecule has 1 saturated heterocycles. The number of hydrogen-bond acceptors (Lipinski definition) is 7. The fraction of sp³-hybridized carbons (Fsp3) is 0.360. The van der Waals surface area contributed by atoms with Gasteiger partial charge in [0.05, 0.1) is 11.4 Å². The molecule has 1 atom stereocenters. The Morgan fingerprint density at radius 2 is 1.63 bits per heavy atom. The van der Waals surface area contributed by atoms with E-state index in [9.17, 15) is 9.59 Å². The lowest BCUT2D eigenvalue weighted by Gasteiger charge is -2.37. The van der Waals surface area contributed by atoms with E-state index in [1.807, 2.05) is 60.9 Å². The molecule has 0 spiro atoms. The molecule has 0 bridgehead atoms. The number of carbonyl (C=O) groups is 2. The summed E-state index contributed by atoms with van der Waals surface area (Å²) in [6.07, 6.45) is -0.668. The molecule has 182 valence electrons. The molecule has 0 aliphatic carbocycles. The van der Waals surface area contributed by atoms with Gasteiger partial charge in [0, 0.05) is 26.2 Å². The van der Waals surface area contributed by atoms with Gasteiger partial charge in [0.2, 0.25) is 12.0 Å². The van der Waals surface area contributed by atoms with Crippen molar-refractivity contribution in [3.05, 3.63) is 59.9 Å². The normalized spacial score (nSPS) is 17.4. The van der Waals surface area contributed by atoms with E-state index in [-0.39, 0.29) is 24.2 Å². The third-order valence-electron chi connectivity index (χ3n) is 6.20. The van der Waals surface area contributed by atoms with Crippen molar-refractivity contribution in [2.24, 2.45) is 0 Å². The Bertz CT molecular complexity index is 1240. The van der Waals surface area contributed by atoms with Crippen LogP contribution in [-0.4, -0.2) is 81.0 Å². The maximum atomic E-state index is 12.9. The van der Waals surface area contributed by atoms with Crippen molar-refractivity contribution in [2.75, 3.05) is 38.5 Å². The summed E-state index contributed by atoms with van der Waals surface area (Å²) in [6.45, 7) is 6.04. The summed E-state index contributed by atoms with van der Waals surface area (Å²) in [5.74, 6) is 2.18. The summed E-state index contributed by atoms with van der Waals surface area (Å²) in [5, 5.41) is 9.18. The minimum Gasteiger partial charge on any atom is -0.485 e. The molecule has 2 amide bonds. The lowest BCUT2D eigenvalue weighted by atomic mass is 10.2. The summed E-state index contributed by atoms with van der Waals surface area (Å²) in [4.78, 5) is 29.4. The molecule has 3 aromatic rings. The van der Waals surface area contributed by atoms with Gasteiger partial charge in [-0.2, -0.15) is 0 Å². The highest BCUT2D eigenvalue weighted by molar-refractivity contribution is 7.99. The molecule has 0 N–H and O–H groups in total. The first-order chi connectivity index (χ1) is 17.0. The van der Waals surface area contributed by atoms with Gasteiger partial charge in [-0.15, -0.1) is 10.2 Å². The van der Waals surface area contributed by atoms with E-state index < -0.39 is 6.10 Å². The van der Waals surface area contributed by atoms with Crippen molar-refractivity contribution < 1.29 is 19.1 Å². The summed E-state index contributed by atoms with van der Waals surface area (Å²) >= 11 is 1.38. The number of fused-ring (bicyclic) bond motifs is 1. The van der Waals surface area contributed by atoms with Crippen LogP contribution in [-0.2, 0) is 9.59 Å². The van der Waals surface area contributed by atoms with Crippen LogP contribution in [0, 0.1) is 13.8 Å². The van der Waals surface area contributed by atoms with E-state index in [2.05, 4.69) is 10.2 Å². The molecule has 3 heterocycles. The molecule has 2 aliphatic rings. The Morgan fingerprint density at radius 3 is 2.40 bits per heavy atom. The molecule has 0 saturated carbocycles. The molecular weight excluding hydrogens is 466 g/mol. The number of thioether (sulfide) groups is 1. The molecule has 2 aliphatic heterocycles. The van der Waals surface area contributed by atoms with E-state index in [0.29, 0.717) is 42.8 Å². The van der Waals surface area contributed by atoms with E-state index in [1.165, 1.54) is 11.8 Å². The Labute approximate surface area is 208 Å². The number of benzene rings is 2. The quantitative estimate of drug-likeness (QED) is 0.505. The maximum Gasteiger partial charge on any atom is 0.267 e. The summed E-state index contributed by atoms with van der Waals surface area (Å²) in [5.41, 5.74) is 2.12. The van der Waals surface area contributed by atoms with Gasteiger partial charge in [-0.25, -0.2) is 0 Å². The van der Waals surface area contributed by atoms with Gasteiger partial charge in [-0.05, 0) is 37.6 Å². The first kappa shape index (κ1) is 23.2. The van der Waals surface area contributed by atoms with Crippen molar-refractivity contribution >= 4 is 23.6 Å². The first-order valence-corrected chi connectivity index (χ1v) is 12.6. The number of aromatic nitrogens is 3. The van der Waals surface area contributed by atoms with Crippen LogP contribution in [0.3, 0.4) is 0 Å². The Kier molecular flexibility index (Phi) is 6.63. The average Bonchev–Trinajstić information content (AvgIpc) is 3.26. The fourth-order valence-electron chi connectivity index (χ4n) is 4.27. The van der Waals surface area contributed by atoms with Crippen LogP contribution in [0.2, 0.25) is 0 Å². The zero-order chi connectivity index (χ0) is 24.4. The van der Waals surface area contributed by atoms with Gasteiger partial charge in [0.1, 0.15) is 12.4 Å². The summed E-state index contributed by atoms with van der Waals surface area (Å²) < 4.78 is 13.5. The lowest BCUT2D eigenvalue weighted by Crippen LogP contribution is -2.55. The zero-order valence-corrected chi connectivity index (χ0v) is 20.5. The number of hydrogen-bond donors (Lipinski definition) is 0. The Balaban J connectivity index is 1.15. The van der Waals surface area contributed by atoms with Crippen LogP contribution in [0.4, 0.5) is 0 Å². The van der Waals surface area contributed by atoms with Crippen LogP contribution < -0.4 is 9.47 Å². The Hall–Kier alpha value is -3.53. The van der Waals surface area contributed by atoms with E-state index >= 15 is 0 Å². The third kappa shape index (κ3) is 4.84. The molecule has 1 aromatic heterocycles. The summed E-state index contributed by atoms with van der Waals surface area (Å²) in [6, 6.07) is 15.4. The molecule has 9 nitrogen and oxygen atoms in total. The number of rotatable bonds is 5. The number of piperazine rings is 1. The monoisotopic (exact) mass is 493 g/mol. The topological polar surface area (TPSA) is 89.8 Å². The van der Waals surface area contributed by atoms with Gasteiger partial charge >= 0.3 is 0 Å². The van der Waals surface area contributed by atoms with Gasteiger partial charge in [-0.1, -0.05) is 42.1 Å². The van der Waals surface area contributed by atoms with E-state index in [0.717, 1.165) is 17.1 Å². The minimum atomic E-state index is -0.668. The number of ether oxygens (including phenoxy) is 2. The molecular formula is C25H27N5O4S. The third-order valence-corrected chi connectivity index (χ3v) is 7.12. The second-order valence-corrected chi connectivity index (χ2v) is 9.45. The molecule has 0 radical (unpaired) electrons. The van der Waals surface area contributed by atoms with Crippen LogP contribution in [0.1, 0.15) is 11.4 Å². The smallest absolute Gasteiger partial charge is 0.267 e. The van der Waals surface area contributed by atoms with Crippen LogP contribution in [0.15, 0.2) is 53.7 Å². The van der Waals surface area contributed by atoms with E-state index in [4.69, 9.17) is 9.47 Å². The Morgan fingerprint density at radius 1 is 0.943 bits per heavy atom. The largest absolute Gasteiger partial charge is 0.485 e. The number of aryl methyl sites for hydroxylation is 2. The molecule has 1 unspecified atom stereocenters. The van der Waals surface area contributed by atoms with Gasteiger partial charge in [-0.3, -0.25) is 14.2 Å². The van der Waals surface area contributed by atoms with Gasteiger partial charge in [0.15, 0.2) is 16.7 Å². The highest BCUT2D eigenvalue weighted by atomic mass is 32.2. The number of carbonyl (C=O) groups excluding carboxylic acids is 2. The highest BCUT2D eigenvalue weighted by Gasteiger charge is 2.33. The fourth-order valence-corrected chi connectivity index (χ4v) is 5.16.